The summed E-state index contributed by atoms with van der Waals surface area (Å²) >= 11 is 0. The number of carbonyl (C=O) groups is 1. The van der Waals surface area contributed by atoms with Gasteiger partial charge in [0.15, 0.2) is 5.78 Å². The van der Waals surface area contributed by atoms with Gasteiger partial charge in [0.1, 0.15) is 12.2 Å². The van der Waals surface area contributed by atoms with E-state index >= 15 is 0 Å². The normalized spacial score (nSPS) is 16.9. The molecule has 0 aromatic rings. The van der Waals surface area contributed by atoms with Crippen LogP contribution < -0.4 is 0 Å². The van der Waals surface area contributed by atoms with Crippen molar-refractivity contribution in [3.8, 4) is 0 Å². The molecule has 0 bridgehead atoms. The molecule has 0 amide bonds. The SMILES string of the molecule is [13CH3]C(=O)[C@@H](O)[C@H](O)CO. The van der Waals surface area contributed by atoms with Crippen LogP contribution in [-0.2, 0) is 4.79 Å². The Labute approximate surface area is 52.7 Å². The Hall–Kier alpha value is -0.450. The van der Waals surface area contributed by atoms with Gasteiger partial charge in [-0.2, -0.15) is 0 Å². The molecule has 4 nitrogen and oxygen atoms in total. The first-order valence-corrected chi connectivity index (χ1v) is 2.57. The third-order valence-corrected chi connectivity index (χ3v) is 0.968. The summed E-state index contributed by atoms with van der Waals surface area (Å²) in [7, 11) is 0. The van der Waals surface area contributed by atoms with Crippen LogP contribution in [0.2, 0.25) is 0 Å². The molecule has 9 heavy (non-hydrogen) atoms. The molecule has 0 spiro atoms. The molecule has 54 valence electrons. The van der Waals surface area contributed by atoms with Crippen LogP contribution in [0.1, 0.15) is 6.92 Å². The van der Waals surface area contributed by atoms with Crippen molar-refractivity contribution in [2.24, 2.45) is 0 Å². The van der Waals surface area contributed by atoms with Crippen molar-refractivity contribution in [1.29, 1.82) is 0 Å². The molecule has 0 aliphatic rings. The second kappa shape index (κ2) is 3.55. The summed E-state index contributed by atoms with van der Waals surface area (Å²) in [6.45, 7) is 0.546. The van der Waals surface area contributed by atoms with Crippen LogP contribution in [0.4, 0.5) is 0 Å². The van der Waals surface area contributed by atoms with Crippen LogP contribution in [0.25, 0.3) is 0 Å². The Morgan fingerprint density at radius 3 is 2.11 bits per heavy atom. The highest BCUT2D eigenvalue weighted by molar-refractivity contribution is 5.80. The molecule has 0 saturated carbocycles. The zero-order chi connectivity index (χ0) is 7.44. The van der Waals surface area contributed by atoms with Crippen LogP contribution in [0.3, 0.4) is 0 Å². The number of ketones is 1. The number of carbonyl (C=O) groups excluding carboxylic acids is 1. The minimum atomic E-state index is -1.45. The van der Waals surface area contributed by atoms with Gasteiger partial charge in [0.25, 0.3) is 0 Å². The number of aliphatic hydroxyl groups is 3. The molecule has 0 aliphatic heterocycles. The summed E-state index contributed by atoms with van der Waals surface area (Å²) in [6, 6.07) is 0. The fourth-order valence-corrected chi connectivity index (χ4v) is 0.371. The van der Waals surface area contributed by atoms with Crippen LogP contribution in [-0.4, -0.2) is 39.9 Å². The van der Waals surface area contributed by atoms with Gasteiger partial charge >= 0.3 is 0 Å². The van der Waals surface area contributed by atoms with E-state index < -0.39 is 24.6 Å². The third-order valence-electron chi connectivity index (χ3n) is 0.968. The Kier molecular flexibility index (Phi) is 3.37. The molecule has 0 aliphatic carbocycles. The molecule has 0 saturated heterocycles. The molecular weight excluding hydrogens is 125 g/mol. The smallest absolute Gasteiger partial charge is 0.160 e. The first-order valence-electron chi connectivity index (χ1n) is 2.57. The van der Waals surface area contributed by atoms with Gasteiger partial charge in [0.2, 0.25) is 0 Å². The van der Waals surface area contributed by atoms with E-state index in [9.17, 15) is 4.79 Å². The maximum Gasteiger partial charge on any atom is 0.160 e. The molecule has 0 fully saturated rings. The second-order valence-corrected chi connectivity index (χ2v) is 1.81. The lowest BCUT2D eigenvalue weighted by atomic mass is 10.2. The average molecular weight is 135 g/mol. The van der Waals surface area contributed by atoms with Crippen LogP contribution in [0.15, 0.2) is 0 Å². The number of aliphatic hydroxyl groups excluding tert-OH is 3. The van der Waals surface area contributed by atoms with Gasteiger partial charge in [0.05, 0.1) is 6.61 Å². The van der Waals surface area contributed by atoms with Crippen molar-refractivity contribution in [2.75, 3.05) is 6.61 Å². The fourth-order valence-electron chi connectivity index (χ4n) is 0.371. The van der Waals surface area contributed by atoms with Crippen molar-refractivity contribution < 1.29 is 20.1 Å². The fraction of sp³-hybridized carbons (Fsp3) is 0.800. The quantitative estimate of drug-likeness (QED) is 0.403. The summed E-state index contributed by atoms with van der Waals surface area (Å²) in [5.41, 5.74) is 0. The van der Waals surface area contributed by atoms with Crippen LogP contribution in [0.5, 0.6) is 0 Å². The van der Waals surface area contributed by atoms with Crippen LogP contribution >= 0.6 is 0 Å². The molecule has 0 aromatic heterocycles. The topological polar surface area (TPSA) is 77.8 Å². The summed E-state index contributed by atoms with van der Waals surface area (Å²) in [4.78, 5) is 10.2. The largest absolute Gasteiger partial charge is 0.394 e. The molecule has 0 aromatic carbocycles. The number of hydrogen-bond acceptors (Lipinski definition) is 4. The van der Waals surface area contributed by atoms with E-state index in [2.05, 4.69) is 0 Å². The van der Waals surface area contributed by atoms with Crippen molar-refractivity contribution >= 4 is 5.78 Å². The summed E-state index contributed by atoms with van der Waals surface area (Å²) in [6.07, 6.45) is -2.79. The van der Waals surface area contributed by atoms with E-state index in [0.29, 0.717) is 0 Å². The zero-order valence-corrected chi connectivity index (χ0v) is 5.11. The number of Topliss-reactive ketones (excluding diaryl/α,β-unsaturated/α-hetero) is 1. The van der Waals surface area contributed by atoms with E-state index in [-0.39, 0.29) is 0 Å². The first kappa shape index (κ1) is 8.55. The lowest BCUT2D eigenvalue weighted by Gasteiger charge is -2.10. The average Bonchev–Trinajstić information content (AvgIpc) is 1.84. The Balaban J connectivity index is 3.72. The van der Waals surface area contributed by atoms with Crippen LogP contribution in [0, 0.1) is 0 Å². The van der Waals surface area contributed by atoms with Gasteiger partial charge in [-0.25, -0.2) is 0 Å². The van der Waals surface area contributed by atoms with E-state index in [0.717, 1.165) is 6.92 Å². The summed E-state index contributed by atoms with van der Waals surface area (Å²) < 4.78 is 0. The molecule has 0 radical (unpaired) electrons. The molecular formula is C5H10O4. The highest BCUT2D eigenvalue weighted by Crippen LogP contribution is 1.92. The predicted molar refractivity (Wildman–Crippen MR) is 29.8 cm³/mol. The summed E-state index contributed by atoms with van der Waals surface area (Å²) in [5, 5.41) is 25.4. The lowest BCUT2D eigenvalue weighted by molar-refractivity contribution is -0.132. The maximum atomic E-state index is 10.2. The van der Waals surface area contributed by atoms with E-state index in [1.54, 1.807) is 0 Å². The van der Waals surface area contributed by atoms with Gasteiger partial charge in [0, 0.05) is 0 Å². The summed E-state index contributed by atoms with van der Waals surface area (Å²) in [5.74, 6) is -0.545. The van der Waals surface area contributed by atoms with Gasteiger partial charge in [-0.3, -0.25) is 4.79 Å². The highest BCUT2D eigenvalue weighted by atomic mass is 16.4. The van der Waals surface area contributed by atoms with Crippen molar-refractivity contribution in [2.45, 2.75) is 19.1 Å². The molecule has 0 unspecified atom stereocenters. The van der Waals surface area contributed by atoms with Gasteiger partial charge in [-0.1, -0.05) is 0 Å². The third kappa shape index (κ3) is 2.55. The standard InChI is InChI=1S/C5H10O4/c1-3(7)5(9)4(8)2-6/h4-6,8-9H,2H2,1H3/t4-,5-/m1/s1/i1+1. The first-order chi connectivity index (χ1) is 4.09. The maximum absolute atomic E-state index is 10.2. The Bertz CT molecular complexity index is 101. The number of hydrogen-bond donors (Lipinski definition) is 3. The van der Waals surface area contributed by atoms with E-state index in [1.807, 2.05) is 0 Å². The molecule has 4 heteroatoms. The molecule has 0 heterocycles. The van der Waals surface area contributed by atoms with Crippen molar-refractivity contribution in [3.63, 3.8) is 0 Å². The molecule has 3 N–H and O–H groups in total. The monoisotopic (exact) mass is 135 g/mol. The highest BCUT2D eigenvalue weighted by Gasteiger charge is 2.18. The van der Waals surface area contributed by atoms with E-state index in [4.69, 9.17) is 15.3 Å². The van der Waals surface area contributed by atoms with Gasteiger partial charge < -0.3 is 15.3 Å². The van der Waals surface area contributed by atoms with Gasteiger partial charge in [-0.05, 0) is 6.92 Å². The van der Waals surface area contributed by atoms with Crippen molar-refractivity contribution in [3.05, 3.63) is 0 Å². The Morgan fingerprint density at radius 2 is 2.00 bits per heavy atom. The van der Waals surface area contributed by atoms with E-state index in [1.165, 1.54) is 0 Å². The zero-order valence-electron chi connectivity index (χ0n) is 5.11. The molecule has 0 rings (SSSR count). The number of rotatable bonds is 3. The minimum absolute atomic E-state index is 0.545. The lowest BCUT2D eigenvalue weighted by Crippen LogP contribution is -2.34. The Morgan fingerprint density at radius 1 is 1.56 bits per heavy atom. The second-order valence-electron chi connectivity index (χ2n) is 1.81. The van der Waals surface area contributed by atoms with Gasteiger partial charge in [-0.15, -0.1) is 0 Å². The molecule has 2 atom stereocenters. The minimum Gasteiger partial charge on any atom is -0.394 e. The predicted octanol–water partition coefficient (Wildman–Crippen LogP) is -1.71. The van der Waals surface area contributed by atoms with Crippen molar-refractivity contribution in [1.82, 2.24) is 0 Å².